The van der Waals surface area contributed by atoms with E-state index in [9.17, 15) is 13.2 Å². The van der Waals surface area contributed by atoms with Crippen LogP contribution in [0.5, 0.6) is 0 Å². The molecule has 1 aliphatic rings. The zero-order valence-corrected chi connectivity index (χ0v) is 7.78. The van der Waals surface area contributed by atoms with Gasteiger partial charge in [0.1, 0.15) is 5.82 Å². The highest BCUT2D eigenvalue weighted by atomic mass is 35.5. The third-order valence-corrected chi connectivity index (χ3v) is 2.68. The van der Waals surface area contributed by atoms with E-state index < -0.39 is 24.2 Å². The molecular weight excluding hydrogens is 215 g/mol. The molecule has 76 valence electrons. The number of hydrogen-bond donors (Lipinski definition) is 1. The molecule has 0 amide bonds. The van der Waals surface area contributed by atoms with Crippen molar-refractivity contribution in [3.05, 3.63) is 34.1 Å². The first-order valence-corrected chi connectivity index (χ1v) is 4.41. The van der Waals surface area contributed by atoms with Gasteiger partial charge in [-0.3, -0.25) is 0 Å². The van der Waals surface area contributed by atoms with Crippen LogP contribution in [0.2, 0.25) is 5.02 Å². The van der Waals surface area contributed by atoms with Crippen molar-refractivity contribution < 1.29 is 13.2 Å². The summed E-state index contributed by atoms with van der Waals surface area (Å²) in [4.78, 5) is 0. The van der Waals surface area contributed by atoms with E-state index in [4.69, 9.17) is 17.3 Å². The second-order valence-electron chi connectivity index (χ2n) is 3.38. The molecule has 0 bridgehead atoms. The predicted octanol–water partition coefficient (Wildman–Crippen LogP) is 2.67. The van der Waals surface area contributed by atoms with Crippen LogP contribution < -0.4 is 5.73 Å². The summed E-state index contributed by atoms with van der Waals surface area (Å²) < 4.78 is 39.1. The molecule has 1 aliphatic carbocycles. The Bertz CT molecular complexity index is 392. The second kappa shape index (κ2) is 2.87. The van der Waals surface area contributed by atoms with Gasteiger partial charge in [0.2, 0.25) is 0 Å². The highest BCUT2D eigenvalue weighted by molar-refractivity contribution is 6.31. The summed E-state index contributed by atoms with van der Waals surface area (Å²) in [7, 11) is 0. The number of halogens is 4. The monoisotopic (exact) mass is 221 g/mol. The third-order valence-electron chi connectivity index (χ3n) is 2.37. The van der Waals surface area contributed by atoms with E-state index in [0.29, 0.717) is 0 Å². The fraction of sp³-hybridized carbons (Fsp3) is 0.333. The van der Waals surface area contributed by atoms with Crippen LogP contribution in [-0.4, -0.2) is 5.92 Å². The number of fused-ring (bicyclic) bond motifs is 1. The zero-order valence-electron chi connectivity index (χ0n) is 7.03. The van der Waals surface area contributed by atoms with E-state index in [1.807, 2.05) is 0 Å². The van der Waals surface area contributed by atoms with Crippen LogP contribution in [0.25, 0.3) is 0 Å². The van der Waals surface area contributed by atoms with Crippen molar-refractivity contribution in [1.29, 1.82) is 0 Å². The minimum absolute atomic E-state index is 0.0234. The molecule has 1 aromatic carbocycles. The predicted molar refractivity (Wildman–Crippen MR) is 47.0 cm³/mol. The molecule has 2 N–H and O–H groups in total. The quantitative estimate of drug-likeness (QED) is 0.716. The van der Waals surface area contributed by atoms with Crippen LogP contribution in [0, 0.1) is 5.82 Å². The smallest absolute Gasteiger partial charge is 0.271 e. The van der Waals surface area contributed by atoms with Crippen LogP contribution in [0.3, 0.4) is 0 Å². The molecule has 1 nitrogen and oxygen atoms in total. The SMILES string of the molecule is NC1c2c(Cl)cc(F)cc2CC1(F)F. The maximum absolute atomic E-state index is 13.1. The van der Waals surface area contributed by atoms with Gasteiger partial charge < -0.3 is 5.73 Å². The van der Waals surface area contributed by atoms with Gasteiger partial charge in [-0.05, 0) is 23.3 Å². The Morgan fingerprint density at radius 2 is 2.07 bits per heavy atom. The lowest BCUT2D eigenvalue weighted by Crippen LogP contribution is -2.28. The molecule has 0 saturated heterocycles. The van der Waals surface area contributed by atoms with E-state index in [0.717, 1.165) is 12.1 Å². The molecular formula is C9H7ClF3N. The van der Waals surface area contributed by atoms with Gasteiger partial charge in [-0.25, -0.2) is 13.2 Å². The molecule has 5 heteroatoms. The van der Waals surface area contributed by atoms with E-state index in [1.54, 1.807) is 0 Å². The van der Waals surface area contributed by atoms with Gasteiger partial charge in [-0.15, -0.1) is 0 Å². The first kappa shape index (κ1) is 9.80. The lowest BCUT2D eigenvalue weighted by molar-refractivity contribution is -0.0135. The lowest BCUT2D eigenvalue weighted by atomic mass is 10.1. The van der Waals surface area contributed by atoms with Gasteiger partial charge in [0.05, 0.1) is 6.04 Å². The highest BCUT2D eigenvalue weighted by Gasteiger charge is 2.46. The van der Waals surface area contributed by atoms with Crippen LogP contribution >= 0.6 is 11.6 Å². The Morgan fingerprint density at radius 1 is 1.43 bits per heavy atom. The Balaban J connectivity index is 2.59. The summed E-state index contributed by atoms with van der Waals surface area (Å²) >= 11 is 5.64. The van der Waals surface area contributed by atoms with Crippen LogP contribution in [-0.2, 0) is 6.42 Å². The number of alkyl halides is 2. The van der Waals surface area contributed by atoms with Crippen molar-refractivity contribution in [1.82, 2.24) is 0 Å². The summed E-state index contributed by atoms with van der Waals surface area (Å²) in [5, 5.41) is -0.0234. The van der Waals surface area contributed by atoms with E-state index in [2.05, 4.69) is 0 Å². The molecule has 0 aromatic heterocycles. The fourth-order valence-electron chi connectivity index (χ4n) is 1.71. The summed E-state index contributed by atoms with van der Waals surface area (Å²) in [6, 6.07) is 0.634. The van der Waals surface area contributed by atoms with E-state index in [1.165, 1.54) is 0 Å². The van der Waals surface area contributed by atoms with E-state index in [-0.39, 0.29) is 16.1 Å². The summed E-state index contributed by atoms with van der Waals surface area (Å²) in [5.74, 6) is -3.64. The zero-order chi connectivity index (χ0) is 10.5. The van der Waals surface area contributed by atoms with Crippen LogP contribution in [0.1, 0.15) is 17.2 Å². The van der Waals surface area contributed by atoms with Crippen LogP contribution in [0.15, 0.2) is 12.1 Å². The average Bonchev–Trinajstić information content (AvgIpc) is 2.21. The number of rotatable bonds is 0. The van der Waals surface area contributed by atoms with Crippen LogP contribution in [0.4, 0.5) is 13.2 Å². The van der Waals surface area contributed by atoms with Gasteiger partial charge in [0.25, 0.3) is 5.92 Å². The summed E-state index contributed by atoms with van der Waals surface area (Å²) in [5.41, 5.74) is 5.68. The lowest BCUT2D eigenvalue weighted by Gasteiger charge is -2.14. The molecule has 1 atom stereocenters. The Morgan fingerprint density at radius 3 is 2.71 bits per heavy atom. The molecule has 0 radical (unpaired) electrons. The Hall–Kier alpha value is -0.740. The second-order valence-corrected chi connectivity index (χ2v) is 3.78. The minimum atomic E-state index is -3.03. The van der Waals surface area contributed by atoms with Gasteiger partial charge in [-0.2, -0.15) is 0 Å². The van der Waals surface area contributed by atoms with Crippen molar-refractivity contribution >= 4 is 11.6 Å². The topological polar surface area (TPSA) is 26.0 Å². The molecule has 0 saturated carbocycles. The minimum Gasteiger partial charge on any atom is -0.319 e. The average molecular weight is 222 g/mol. The van der Waals surface area contributed by atoms with Crippen molar-refractivity contribution in [2.45, 2.75) is 18.4 Å². The van der Waals surface area contributed by atoms with Gasteiger partial charge in [0.15, 0.2) is 0 Å². The van der Waals surface area contributed by atoms with Crippen molar-refractivity contribution in [3.8, 4) is 0 Å². The molecule has 0 spiro atoms. The fourth-order valence-corrected chi connectivity index (χ4v) is 2.05. The Labute approximate surface area is 83.7 Å². The number of hydrogen-bond acceptors (Lipinski definition) is 1. The third kappa shape index (κ3) is 1.29. The summed E-state index contributed by atoms with van der Waals surface area (Å²) in [6.07, 6.45) is -0.541. The highest BCUT2D eigenvalue weighted by Crippen LogP contribution is 2.44. The van der Waals surface area contributed by atoms with Crippen molar-refractivity contribution in [2.75, 3.05) is 0 Å². The molecule has 14 heavy (non-hydrogen) atoms. The molecule has 0 aliphatic heterocycles. The van der Waals surface area contributed by atoms with Crippen molar-refractivity contribution in [2.24, 2.45) is 5.73 Å². The maximum Gasteiger partial charge on any atom is 0.271 e. The van der Waals surface area contributed by atoms with E-state index >= 15 is 0 Å². The normalized spacial score (nSPS) is 23.6. The first-order valence-electron chi connectivity index (χ1n) is 4.03. The molecule has 0 fully saturated rings. The molecule has 1 unspecified atom stereocenters. The molecule has 2 rings (SSSR count). The Kier molecular flexibility index (Phi) is 2.01. The van der Waals surface area contributed by atoms with Gasteiger partial charge in [-0.1, -0.05) is 11.6 Å². The largest absolute Gasteiger partial charge is 0.319 e. The first-order chi connectivity index (χ1) is 6.42. The molecule has 1 aromatic rings. The molecule has 0 heterocycles. The summed E-state index contributed by atoms with van der Waals surface area (Å²) in [6.45, 7) is 0. The maximum atomic E-state index is 13.1. The standard InChI is InChI=1S/C9H7ClF3N/c10-6-2-5(11)1-4-3-9(12,13)8(14)7(4)6/h1-2,8H,3,14H2. The van der Waals surface area contributed by atoms with Gasteiger partial charge in [0, 0.05) is 11.4 Å². The number of benzene rings is 1. The van der Waals surface area contributed by atoms with Crippen molar-refractivity contribution in [3.63, 3.8) is 0 Å². The number of nitrogens with two attached hydrogens (primary N) is 1. The van der Waals surface area contributed by atoms with Gasteiger partial charge >= 0.3 is 0 Å².